The van der Waals surface area contributed by atoms with Gasteiger partial charge in [-0.1, -0.05) is 19.0 Å². The molecule has 1 fully saturated rings. The highest BCUT2D eigenvalue weighted by molar-refractivity contribution is 4.93. The van der Waals surface area contributed by atoms with Crippen LogP contribution in [0.5, 0.6) is 0 Å². The first kappa shape index (κ1) is 13.5. The molecule has 0 radical (unpaired) electrons. The average molecular weight is 252 g/mol. The van der Waals surface area contributed by atoms with Crippen LogP contribution in [0.2, 0.25) is 0 Å². The van der Waals surface area contributed by atoms with Crippen molar-refractivity contribution >= 4 is 0 Å². The third-order valence-electron chi connectivity index (χ3n) is 3.97. The Labute approximate surface area is 109 Å². The molecule has 5 heteroatoms. The zero-order chi connectivity index (χ0) is 13.0. The second kappa shape index (κ2) is 5.80. The molecule has 0 saturated carbocycles. The molecule has 2 heterocycles. The van der Waals surface area contributed by atoms with Gasteiger partial charge in [-0.3, -0.25) is 4.90 Å². The van der Waals surface area contributed by atoms with E-state index in [-0.39, 0.29) is 5.54 Å². The summed E-state index contributed by atoms with van der Waals surface area (Å²) in [6, 6.07) is 0. The van der Waals surface area contributed by atoms with Crippen molar-refractivity contribution in [2.75, 3.05) is 19.6 Å². The average Bonchev–Trinajstić information content (AvgIpc) is 2.66. The van der Waals surface area contributed by atoms with Gasteiger partial charge in [0.2, 0.25) is 5.89 Å². The largest absolute Gasteiger partial charge is 0.340 e. The minimum Gasteiger partial charge on any atom is -0.340 e. The van der Waals surface area contributed by atoms with Crippen LogP contribution < -0.4 is 5.32 Å². The Bertz CT molecular complexity index is 373. The predicted molar refractivity (Wildman–Crippen MR) is 70.2 cm³/mol. The van der Waals surface area contributed by atoms with Crippen LogP contribution in [0.15, 0.2) is 4.52 Å². The molecule has 1 saturated heterocycles. The lowest BCUT2D eigenvalue weighted by molar-refractivity contribution is 0.186. The summed E-state index contributed by atoms with van der Waals surface area (Å²) in [5, 5.41) is 7.70. The normalized spacial score (nSPS) is 20.8. The highest BCUT2D eigenvalue weighted by atomic mass is 16.5. The summed E-state index contributed by atoms with van der Waals surface area (Å²) < 4.78 is 5.04. The molecular weight excluding hydrogens is 228 g/mol. The zero-order valence-electron chi connectivity index (χ0n) is 11.7. The minimum absolute atomic E-state index is 0.245. The van der Waals surface area contributed by atoms with Gasteiger partial charge in [-0.25, -0.2) is 0 Å². The van der Waals surface area contributed by atoms with E-state index in [1.54, 1.807) is 0 Å². The summed E-state index contributed by atoms with van der Waals surface area (Å²) >= 11 is 0. The summed E-state index contributed by atoms with van der Waals surface area (Å²) in [7, 11) is 0. The summed E-state index contributed by atoms with van der Waals surface area (Å²) in [6.07, 6.45) is 3.50. The number of nitrogens with one attached hydrogen (secondary N) is 1. The summed E-state index contributed by atoms with van der Waals surface area (Å²) in [5.74, 6) is 1.45. The van der Waals surface area contributed by atoms with Crippen LogP contribution in [-0.2, 0) is 6.54 Å². The van der Waals surface area contributed by atoms with E-state index >= 15 is 0 Å². The van der Waals surface area contributed by atoms with Crippen LogP contribution in [0.4, 0.5) is 0 Å². The van der Waals surface area contributed by atoms with Crippen molar-refractivity contribution in [3.8, 4) is 0 Å². The van der Waals surface area contributed by atoms with Gasteiger partial charge in [-0.05, 0) is 32.4 Å². The summed E-state index contributed by atoms with van der Waals surface area (Å²) in [6.45, 7) is 10.4. The highest BCUT2D eigenvalue weighted by Gasteiger charge is 2.30. The Morgan fingerprint density at radius 2 is 2.17 bits per heavy atom. The number of aryl methyl sites for hydroxylation is 1. The third-order valence-corrected chi connectivity index (χ3v) is 3.97. The lowest BCUT2D eigenvalue weighted by Gasteiger charge is -2.35. The quantitative estimate of drug-likeness (QED) is 0.884. The van der Waals surface area contributed by atoms with Gasteiger partial charge in [0.15, 0.2) is 5.82 Å². The van der Waals surface area contributed by atoms with Gasteiger partial charge in [0, 0.05) is 19.0 Å². The second-order valence-electron chi connectivity index (χ2n) is 5.21. The van der Waals surface area contributed by atoms with Crippen molar-refractivity contribution < 1.29 is 4.52 Å². The number of hydrogen-bond donors (Lipinski definition) is 1. The maximum Gasteiger partial charge on any atom is 0.223 e. The molecule has 0 spiro atoms. The standard InChI is InChI=1S/C13H24N4O/c1-4-13(5-2)10-17(8-6-7-14-13)9-12-15-11(3)18-16-12/h14H,4-10H2,1-3H3. The lowest BCUT2D eigenvalue weighted by Crippen LogP contribution is -2.50. The van der Waals surface area contributed by atoms with Crippen LogP contribution in [0.1, 0.15) is 44.8 Å². The van der Waals surface area contributed by atoms with Crippen LogP contribution >= 0.6 is 0 Å². The maximum absolute atomic E-state index is 5.04. The molecule has 2 rings (SSSR count). The molecule has 0 atom stereocenters. The van der Waals surface area contributed by atoms with Crippen molar-refractivity contribution in [2.45, 2.75) is 52.1 Å². The Hall–Kier alpha value is -0.940. The van der Waals surface area contributed by atoms with Crippen molar-refractivity contribution in [1.82, 2.24) is 20.4 Å². The van der Waals surface area contributed by atoms with Crippen LogP contribution in [-0.4, -0.2) is 40.2 Å². The molecular formula is C13H24N4O. The van der Waals surface area contributed by atoms with Gasteiger partial charge in [0.25, 0.3) is 0 Å². The fourth-order valence-corrected chi connectivity index (χ4v) is 2.68. The van der Waals surface area contributed by atoms with Crippen LogP contribution in [0.25, 0.3) is 0 Å². The Morgan fingerprint density at radius 3 is 2.78 bits per heavy atom. The monoisotopic (exact) mass is 252 g/mol. The Balaban J connectivity index is 2.03. The summed E-state index contributed by atoms with van der Waals surface area (Å²) in [5.41, 5.74) is 0.245. The Kier molecular flexibility index (Phi) is 4.35. The fraction of sp³-hybridized carbons (Fsp3) is 0.846. The first-order valence-electron chi connectivity index (χ1n) is 6.94. The van der Waals surface area contributed by atoms with E-state index in [2.05, 4.69) is 34.2 Å². The molecule has 18 heavy (non-hydrogen) atoms. The van der Waals surface area contributed by atoms with Crippen molar-refractivity contribution in [1.29, 1.82) is 0 Å². The first-order valence-corrected chi connectivity index (χ1v) is 6.94. The van der Waals surface area contributed by atoms with Crippen molar-refractivity contribution in [3.63, 3.8) is 0 Å². The maximum atomic E-state index is 5.04. The van der Waals surface area contributed by atoms with Crippen molar-refractivity contribution in [3.05, 3.63) is 11.7 Å². The Morgan fingerprint density at radius 1 is 1.39 bits per heavy atom. The van der Waals surface area contributed by atoms with E-state index in [0.717, 1.165) is 44.8 Å². The number of aromatic nitrogens is 2. The zero-order valence-corrected chi connectivity index (χ0v) is 11.7. The smallest absolute Gasteiger partial charge is 0.223 e. The molecule has 0 unspecified atom stereocenters. The van der Waals surface area contributed by atoms with Crippen LogP contribution in [0, 0.1) is 6.92 Å². The molecule has 1 aliphatic heterocycles. The molecule has 1 aliphatic rings. The molecule has 1 aromatic heterocycles. The van der Waals surface area contributed by atoms with Gasteiger partial charge in [-0.15, -0.1) is 0 Å². The van der Waals surface area contributed by atoms with E-state index in [1.165, 1.54) is 6.42 Å². The third kappa shape index (κ3) is 3.09. The topological polar surface area (TPSA) is 54.2 Å². The number of rotatable bonds is 4. The van der Waals surface area contributed by atoms with E-state index in [1.807, 2.05) is 6.92 Å². The number of hydrogen-bond acceptors (Lipinski definition) is 5. The molecule has 1 N–H and O–H groups in total. The second-order valence-corrected chi connectivity index (χ2v) is 5.21. The fourth-order valence-electron chi connectivity index (χ4n) is 2.68. The molecule has 0 aliphatic carbocycles. The molecule has 5 nitrogen and oxygen atoms in total. The van der Waals surface area contributed by atoms with E-state index in [9.17, 15) is 0 Å². The van der Waals surface area contributed by atoms with Crippen LogP contribution in [0.3, 0.4) is 0 Å². The van der Waals surface area contributed by atoms with E-state index in [0.29, 0.717) is 5.89 Å². The van der Waals surface area contributed by atoms with Gasteiger partial charge in [0.05, 0.1) is 6.54 Å². The number of nitrogens with zero attached hydrogens (tertiary/aromatic N) is 3. The van der Waals surface area contributed by atoms with E-state index in [4.69, 9.17) is 4.52 Å². The molecule has 1 aromatic rings. The molecule has 0 aromatic carbocycles. The molecule has 102 valence electrons. The van der Waals surface area contributed by atoms with Gasteiger partial charge in [-0.2, -0.15) is 4.98 Å². The van der Waals surface area contributed by atoms with Gasteiger partial charge >= 0.3 is 0 Å². The van der Waals surface area contributed by atoms with Gasteiger partial charge < -0.3 is 9.84 Å². The van der Waals surface area contributed by atoms with Gasteiger partial charge in [0.1, 0.15) is 0 Å². The predicted octanol–water partition coefficient (Wildman–Crippen LogP) is 1.73. The molecule has 0 amide bonds. The SMILES string of the molecule is CCC1(CC)CN(Cc2noc(C)n2)CCCN1. The van der Waals surface area contributed by atoms with Crippen molar-refractivity contribution in [2.24, 2.45) is 0 Å². The minimum atomic E-state index is 0.245. The summed E-state index contributed by atoms with van der Waals surface area (Å²) in [4.78, 5) is 6.74. The lowest BCUT2D eigenvalue weighted by atomic mass is 9.92. The molecule has 0 bridgehead atoms. The van der Waals surface area contributed by atoms with E-state index < -0.39 is 0 Å². The highest BCUT2D eigenvalue weighted by Crippen LogP contribution is 2.20. The first-order chi connectivity index (χ1) is 8.67.